The van der Waals surface area contributed by atoms with E-state index in [0.29, 0.717) is 5.92 Å². The summed E-state index contributed by atoms with van der Waals surface area (Å²) in [6.45, 7) is 6.09. The second kappa shape index (κ2) is 7.32. The minimum Gasteiger partial charge on any atom is -0.396 e. The Bertz CT molecular complexity index is 526. The van der Waals surface area contributed by atoms with Gasteiger partial charge in [0.25, 0.3) is 0 Å². The number of aliphatic hydroxyl groups is 1. The van der Waals surface area contributed by atoms with Gasteiger partial charge < -0.3 is 15.3 Å². The molecular formula is C18H27N3O2. The molecule has 2 saturated heterocycles. The molecule has 23 heavy (non-hydrogen) atoms. The fraction of sp³-hybridized carbons (Fsp3) is 0.611. The molecule has 2 aliphatic rings. The fourth-order valence-electron chi connectivity index (χ4n) is 3.51. The van der Waals surface area contributed by atoms with Crippen LogP contribution in [0.3, 0.4) is 0 Å². The van der Waals surface area contributed by atoms with Crippen molar-refractivity contribution in [3.8, 4) is 0 Å². The molecule has 2 heterocycles. The summed E-state index contributed by atoms with van der Waals surface area (Å²) >= 11 is 0. The number of anilines is 2. The van der Waals surface area contributed by atoms with Gasteiger partial charge in [0.05, 0.1) is 6.04 Å². The van der Waals surface area contributed by atoms with Crippen molar-refractivity contribution in [3.63, 3.8) is 0 Å². The molecule has 0 bridgehead atoms. The number of hydrogen-bond acceptors (Lipinski definition) is 4. The first-order valence-electron chi connectivity index (χ1n) is 8.68. The molecule has 0 aromatic heterocycles. The van der Waals surface area contributed by atoms with Crippen molar-refractivity contribution >= 4 is 17.3 Å². The van der Waals surface area contributed by atoms with E-state index >= 15 is 0 Å². The van der Waals surface area contributed by atoms with Crippen molar-refractivity contribution in [2.75, 3.05) is 43.0 Å². The number of carbonyl (C=O) groups is 1. The van der Waals surface area contributed by atoms with Gasteiger partial charge in [0, 0.05) is 37.6 Å². The van der Waals surface area contributed by atoms with Crippen molar-refractivity contribution in [1.82, 2.24) is 4.90 Å². The number of benzene rings is 1. The van der Waals surface area contributed by atoms with E-state index in [2.05, 4.69) is 27.2 Å². The summed E-state index contributed by atoms with van der Waals surface area (Å²) in [7, 11) is 0. The molecule has 2 aliphatic heterocycles. The minimum atomic E-state index is -0.162. The van der Waals surface area contributed by atoms with Crippen LogP contribution in [-0.2, 0) is 4.79 Å². The van der Waals surface area contributed by atoms with Gasteiger partial charge in [-0.25, -0.2) is 0 Å². The maximum atomic E-state index is 12.4. The van der Waals surface area contributed by atoms with Crippen LogP contribution in [0.4, 0.5) is 11.4 Å². The molecule has 1 aromatic rings. The SMILES string of the molecule is CC(C(=O)Nc1ccc(N2CCCC2)cc1)N1CCC(CO)C1. The summed E-state index contributed by atoms with van der Waals surface area (Å²) in [4.78, 5) is 16.9. The summed E-state index contributed by atoms with van der Waals surface area (Å²) < 4.78 is 0. The molecule has 2 atom stereocenters. The number of carbonyl (C=O) groups excluding carboxylic acids is 1. The second-order valence-corrected chi connectivity index (χ2v) is 6.74. The highest BCUT2D eigenvalue weighted by molar-refractivity contribution is 5.94. The molecule has 5 heteroatoms. The Morgan fingerprint density at radius 2 is 1.96 bits per heavy atom. The second-order valence-electron chi connectivity index (χ2n) is 6.74. The third-order valence-electron chi connectivity index (χ3n) is 5.11. The number of aliphatic hydroxyl groups excluding tert-OH is 1. The Labute approximate surface area is 138 Å². The molecule has 2 fully saturated rings. The highest BCUT2D eigenvalue weighted by atomic mass is 16.3. The average Bonchev–Trinajstić information content (AvgIpc) is 3.26. The van der Waals surface area contributed by atoms with Gasteiger partial charge in [-0.3, -0.25) is 9.69 Å². The van der Waals surface area contributed by atoms with Gasteiger partial charge in [-0.1, -0.05) is 0 Å². The van der Waals surface area contributed by atoms with Crippen LogP contribution < -0.4 is 10.2 Å². The van der Waals surface area contributed by atoms with Crippen molar-refractivity contribution < 1.29 is 9.90 Å². The average molecular weight is 317 g/mol. The summed E-state index contributed by atoms with van der Waals surface area (Å²) in [6, 6.07) is 7.98. The molecule has 3 rings (SSSR count). The van der Waals surface area contributed by atoms with Crippen LogP contribution in [0.5, 0.6) is 0 Å². The third kappa shape index (κ3) is 3.85. The number of amides is 1. The summed E-state index contributed by atoms with van der Waals surface area (Å²) in [5.74, 6) is 0.336. The normalized spacial score (nSPS) is 23.2. The standard InChI is InChI=1S/C18H27N3O2/c1-14(21-11-8-15(12-21)13-22)18(23)19-16-4-6-17(7-5-16)20-9-2-3-10-20/h4-7,14-15,22H,2-3,8-13H2,1H3,(H,19,23). The van der Waals surface area contributed by atoms with E-state index in [9.17, 15) is 9.90 Å². The van der Waals surface area contributed by atoms with E-state index in [-0.39, 0.29) is 18.6 Å². The number of hydrogen-bond donors (Lipinski definition) is 2. The van der Waals surface area contributed by atoms with E-state index < -0.39 is 0 Å². The zero-order valence-electron chi connectivity index (χ0n) is 13.9. The van der Waals surface area contributed by atoms with Crippen molar-refractivity contribution in [1.29, 1.82) is 0 Å². The number of nitrogens with one attached hydrogen (secondary N) is 1. The van der Waals surface area contributed by atoms with Crippen LogP contribution in [0, 0.1) is 5.92 Å². The van der Waals surface area contributed by atoms with Crippen LogP contribution in [0.25, 0.3) is 0 Å². The number of likely N-dealkylation sites (tertiary alicyclic amines) is 1. The predicted molar refractivity (Wildman–Crippen MR) is 92.7 cm³/mol. The van der Waals surface area contributed by atoms with E-state index in [4.69, 9.17) is 0 Å². The van der Waals surface area contributed by atoms with Crippen molar-refractivity contribution in [2.24, 2.45) is 5.92 Å². The highest BCUT2D eigenvalue weighted by Crippen LogP contribution is 2.23. The molecule has 1 aromatic carbocycles. The van der Waals surface area contributed by atoms with E-state index in [1.54, 1.807) is 0 Å². The zero-order chi connectivity index (χ0) is 16.2. The molecule has 1 amide bonds. The Morgan fingerprint density at radius 1 is 1.26 bits per heavy atom. The van der Waals surface area contributed by atoms with Crippen molar-refractivity contribution in [3.05, 3.63) is 24.3 Å². The van der Waals surface area contributed by atoms with Gasteiger partial charge in [-0.05, 0) is 62.9 Å². The first-order chi connectivity index (χ1) is 11.2. The first-order valence-corrected chi connectivity index (χ1v) is 8.68. The summed E-state index contributed by atoms with van der Waals surface area (Å²) in [5.41, 5.74) is 2.08. The smallest absolute Gasteiger partial charge is 0.241 e. The molecular weight excluding hydrogens is 290 g/mol. The summed E-state index contributed by atoms with van der Waals surface area (Å²) in [5, 5.41) is 12.2. The van der Waals surface area contributed by atoms with Crippen molar-refractivity contribution in [2.45, 2.75) is 32.2 Å². The predicted octanol–water partition coefficient (Wildman–Crippen LogP) is 1.93. The monoisotopic (exact) mass is 317 g/mol. The van der Waals surface area contributed by atoms with Crippen LogP contribution >= 0.6 is 0 Å². The molecule has 2 N–H and O–H groups in total. The minimum absolute atomic E-state index is 0.0255. The Kier molecular flexibility index (Phi) is 5.18. The molecule has 126 valence electrons. The van der Waals surface area contributed by atoms with E-state index in [1.807, 2.05) is 19.1 Å². The largest absolute Gasteiger partial charge is 0.396 e. The van der Waals surface area contributed by atoms with Crippen LogP contribution in [0.15, 0.2) is 24.3 Å². The van der Waals surface area contributed by atoms with Gasteiger partial charge in [-0.15, -0.1) is 0 Å². The van der Waals surface area contributed by atoms with E-state index in [1.165, 1.54) is 18.5 Å². The lowest BCUT2D eigenvalue weighted by atomic mass is 10.1. The maximum absolute atomic E-state index is 12.4. The quantitative estimate of drug-likeness (QED) is 0.871. The zero-order valence-corrected chi connectivity index (χ0v) is 13.9. The lowest BCUT2D eigenvalue weighted by Crippen LogP contribution is -2.40. The maximum Gasteiger partial charge on any atom is 0.241 e. The highest BCUT2D eigenvalue weighted by Gasteiger charge is 2.29. The molecule has 2 unspecified atom stereocenters. The molecule has 0 spiro atoms. The Balaban J connectivity index is 1.55. The van der Waals surface area contributed by atoms with Gasteiger partial charge in [0.2, 0.25) is 5.91 Å². The van der Waals surface area contributed by atoms with Gasteiger partial charge in [-0.2, -0.15) is 0 Å². The summed E-state index contributed by atoms with van der Waals surface area (Å²) in [6.07, 6.45) is 3.50. The number of nitrogens with zero attached hydrogens (tertiary/aromatic N) is 2. The van der Waals surface area contributed by atoms with Crippen LogP contribution in [0.2, 0.25) is 0 Å². The van der Waals surface area contributed by atoms with E-state index in [0.717, 1.165) is 38.3 Å². The molecule has 0 radical (unpaired) electrons. The lowest BCUT2D eigenvalue weighted by molar-refractivity contribution is -0.120. The number of rotatable bonds is 5. The third-order valence-corrected chi connectivity index (χ3v) is 5.11. The Morgan fingerprint density at radius 3 is 2.57 bits per heavy atom. The van der Waals surface area contributed by atoms with Gasteiger partial charge >= 0.3 is 0 Å². The molecule has 5 nitrogen and oxygen atoms in total. The molecule has 0 saturated carbocycles. The fourth-order valence-corrected chi connectivity index (χ4v) is 3.51. The van der Waals surface area contributed by atoms with Crippen LogP contribution in [-0.4, -0.2) is 54.7 Å². The van der Waals surface area contributed by atoms with Gasteiger partial charge in [0.1, 0.15) is 0 Å². The topological polar surface area (TPSA) is 55.8 Å². The lowest BCUT2D eigenvalue weighted by Gasteiger charge is -2.23. The Hall–Kier alpha value is -1.59. The molecule has 0 aliphatic carbocycles. The van der Waals surface area contributed by atoms with Gasteiger partial charge in [0.15, 0.2) is 0 Å². The first kappa shape index (κ1) is 16.3. The van der Waals surface area contributed by atoms with Crippen LogP contribution in [0.1, 0.15) is 26.2 Å².